The normalized spacial score (nSPS) is 11.5. The average Bonchev–Trinajstić information content (AvgIpc) is 2.45. The van der Waals surface area contributed by atoms with Gasteiger partial charge in [-0.1, -0.05) is 35.5 Å². The minimum Gasteiger partial charge on any atom is -0.245 e. The summed E-state index contributed by atoms with van der Waals surface area (Å²) in [6.07, 6.45) is 0. The van der Waals surface area contributed by atoms with Crippen LogP contribution in [0.4, 0.5) is 0 Å². The monoisotopic (exact) mass is 313 g/mol. The smallest absolute Gasteiger partial charge is 0.123 e. The molecule has 0 aliphatic carbocycles. The van der Waals surface area contributed by atoms with E-state index in [0.717, 1.165) is 16.8 Å². The molecule has 0 saturated heterocycles. The Bertz CT molecular complexity index is 742. The molecule has 0 unspecified atom stereocenters. The van der Waals surface area contributed by atoms with Crippen molar-refractivity contribution in [2.45, 2.75) is 24.1 Å². The fraction of sp³-hybridized carbons (Fsp3) is 0.188. The van der Waals surface area contributed by atoms with Crippen LogP contribution in [0, 0.1) is 36.5 Å². The van der Waals surface area contributed by atoms with Gasteiger partial charge in [0, 0.05) is 10.7 Å². The molecule has 0 amide bonds. The lowest BCUT2D eigenvalue weighted by Crippen LogP contribution is -1.97. The number of aromatic nitrogens is 1. The summed E-state index contributed by atoms with van der Waals surface area (Å²) in [5.74, 6) is 0. The minimum atomic E-state index is -0.428. The summed E-state index contributed by atoms with van der Waals surface area (Å²) in [4.78, 5) is 4.40. The molecule has 0 N–H and O–H groups in total. The van der Waals surface area contributed by atoms with Crippen molar-refractivity contribution < 1.29 is 0 Å². The zero-order chi connectivity index (χ0) is 15.4. The van der Waals surface area contributed by atoms with E-state index in [2.05, 4.69) is 17.1 Å². The van der Waals surface area contributed by atoms with Gasteiger partial charge in [0.1, 0.15) is 16.3 Å². The number of nitriles is 2. The summed E-state index contributed by atoms with van der Waals surface area (Å²) in [5.41, 5.74) is 3.08. The molecule has 21 heavy (non-hydrogen) atoms. The second-order valence-corrected chi connectivity index (χ2v) is 6.08. The van der Waals surface area contributed by atoms with Crippen molar-refractivity contribution in [1.82, 2.24) is 4.98 Å². The summed E-state index contributed by atoms with van der Waals surface area (Å²) in [6.45, 7) is 3.75. The molecule has 0 bridgehead atoms. The lowest BCUT2D eigenvalue weighted by atomic mass is 10.1. The Morgan fingerprint density at radius 2 is 1.86 bits per heavy atom. The standard InChI is InChI=1S/C16H12ClN3S/c1-10-7-11(2)20-16(14(10)8-18)21-15(9-19)12-3-5-13(17)6-4-12/h3-7,15H,1-2H3/t15-/m1/s1. The zero-order valence-electron chi connectivity index (χ0n) is 11.6. The van der Waals surface area contributed by atoms with E-state index in [4.69, 9.17) is 11.6 Å². The summed E-state index contributed by atoms with van der Waals surface area (Å²) in [6, 6.07) is 13.4. The van der Waals surface area contributed by atoms with Crippen LogP contribution in [0.1, 0.15) is 27.6 Å². The summed E-state index contributed by atoms with van der Waals surface area (Å²) in [5, 5.41) is 19.5. The maximum atomic E-state index is 9.40. The maximum absolute atomic E-state index is 9.40. The summed E-state index contributed by atoms with van der Waals surface area (Å²) in [7, 11) is 0. The van der Waals surface area contributed by atoms with Crippen molar-refractivity contribution in [2.24, 2.45) is 0 Å². The molecule has 2 aromatic rings. The third kappa shape index (κ3) is 3.55. The van der Waals surface area contributed by atoms with Crippen LogP contribution < -0.4 is 0 Å². The third-order valence-electron chi connectivity index (χ3n) is 2.94. The first-order valence-electron chi connectivity index (χ1n) is 6.25. The molecule has 5 heteroatoms. The van der Waals surface area contributed by atoms with Crippen LogP contribution in [0.2, 0.25) is 5.02 Å². The molecule has 1 heterocycles. The summed E-state index contributed by atoms with van der Waals surface area (Å²) >= 11 is 7.15. The molecule has 0 aliphatic rings. The molecular formula is C16H12ClN3S. The highest BCUT2D eigenvalue weighted by Crippen LogP contribution is 2.36. The largest absolute Gasteiger partial charge is 0.245 e. The molecule has 0 radical (unpaired) electrons. The number of rotatable bonds is 3. The number of pyridine rings is 1. The Hall–Kier alpha value is -2.01. The topological polar surface area (TPSA) is 60.5 Å². The molecule has 0 spiro atoms. The van der Waals surface area contributed by atoms with Crippen molar-refractivity contribution >= 4 is 23.4 Å². The number of hydrogen-bond donors (Lipinski definition) is 0. The predicted octanol–water partition coefficient (Wildman–Crippen LogP) is 4.58. The van der Waals surface area contributed by atoms with Crippen molar-refractivity contribution in [3.63, 3.8) is 0 Å². The van der Waals surface area contributed by atoms with Gasteiger partial charge in [-0.2, -0.15) is 10.5 Å². The number of halogens is 1. The van der Waals surface area contributed by atoms with Crippen LogP contribution in [-0.2, 0) is 0 Å². The van der Waals surface area contributed by atoms with Gasteiger partial charge in [-0.3, -0.25) is 0 Å². The Morgan fingerprint density at radius 3 is 2.43 bits per heavy atom. The number of aryl methyl sites for hydroxylation is 2. The molecule has 0 aliphatic heterocycles. The second-order valence-electron chi connectivity index (χ2n) is 4.55. The van der Waals surface area contributed by atoms with Gasteiger partial charge in [0.2, 0.25) is 0 Å². The van der Waals surface area contributed by atoms with E-state index >= 15 is 0 Å². The number of nitrogens with zero attached hydrogens (tertiary/aromatic N) is 3. The van der Waals surface area contributed by atoms with Gasteiger partial charge in [0.25, 0.3) is 0 Å². The Kier molecular flexibility index (Phi) is 4.85. The molecule has 0 saturated carbocycles. The Morgan fingerprint density at radius 1 is 1.19 bits per heavy atom. The van der Waals surface area contributed by atoms with Gasteiger partial charge in [-0.25, -0.2) is 4.98 Å². The average molecular weight is 314 g/mol. The molecule has 0 fully saturated rings. The van der Waals surface area contributed by atoms with Crippen molar-refractivity contribution in [1.29, 1.82) is 10.5 Å². The molecular weight excluding hydrogens is 302 g/mol. The van der Waals surface area contributed by atoms with Crippen LogP contribution in [0.25, 0.3) is 0 Å². The molecule has 1 aromatic heterocycles. The Balaban J connectivity index is 2.38. The van der Waals surface area contributed by atoms with E-state index in [9.17, 15) is 10.5 Å². The van der Waals surface area contributed by atoms with Crippen LogP contribution >= 0.6 is 23.4 Å². The fourth-order valence-electron chi connectivity index (χ4n) is 1.94. The number of hydrogen-bond acceptors (Lipinski definition) is 4. The van der Waals surface area contributed by atoms with E-state index < -0.39 is 5.25 Å². The fourth-order valence-corrected chi connectivity index (χ4v) is 3.16. The third-order valence-corrected chi connectivity index (χ3v) is 4.33. The van der Waals surface area contributed by atoms with E-state index in [1.54, 1.807) is 12.1 Å². The lowest BCUT2D eigenvalue weighted by molar-refractivity contribution is 1.02. The zero-order valence-corrected chi connectivity index (χ0v) is 13.2. The van der Waals surface area contributed by atoms with Gasteiger partial charge >= 0.3 is 0 Å². The van der Waals surface area contributed by atoms with Gasteiger partial charge < -0.3 is 0 Å². The quantitative estimate of drug-likeness (QED) is 0.778. The highest BCUT2D eigenvalue weighted by molar-refractivity contribution is 7.99. The predicted molar refractivity (Wildman–Crippen MR) is 84.1 cm³/mol. The van der Waals surface area contributed by atoms with Crippen LogP contribution in [-0.4, -0.2) is 4.98 Å². The second kappa shape index (κ2) is 6.63. The minimum absolute atomic E-state index is 0.428. The van der Waals surface area contributed by atoms with Crippen LogP contribution in [0.3, 0.4) is 0 Å². The SMILES string of the molecule is Cc1cc(C)c(C#N)c(S[C@H](C#N)c2ccc(Cl)cc2)n1. The van der Waals surface area contributed by atoms with Gasteiger partial charge in [0.05, 0.1) is 11.6 Å². The van der Waals surface area contributed by atoms with Crippen LogP contribution in [0.5, 0.6) is 0 Å². The van der Waals surface area contributed by atoms with Gasteiger partial charge in [0.15, 0.2) is 0 Å². The van der Waals surface area contributed by atoms with Crippen molar-refractivity contribution in [3.05, 3.63) is 57.7 Å². The van der Waals surface area contributed by atoms with Crippen LogP contribution in [0.15, 0.2) is 35.4 Å². The number of thioether (sulfide) groups is 1. The van der Waals surface area contributed by atoms with E-state index in [0.29, 0.717) is 15.6 Å². The molecule has 3 nitrogen and oxygen atoms in total. The Labute approximate surface area is 133 Å². The van der Waals surface area contributed by atoms with E-state index in [1.807, 2.05) is 32.0 Å². The maximum Gasteiger partial charge on any atom is 0.123 e. The molecule has 104 valence electrons. The first-order chi connectivity index (χ1) is 10.0. The molecule has 2 rings (SSSR count). The van der Waals surface area contributed by atoms with E-state index in [1.165, 1.54) is 11.8 Å². The lowest BCUT2D eigenvalue weighted by Gasteiger charge is -2.11. The first kappa shape index (κ1) is 15.4. The molecule has 1 atom stereocenters. The van der Waals surface area contributed by atoms with Gasteiger partial charge in [-0.15, -0.1) is 0 Å². The number of benzene rings is 1. The first-order valence-corrected chi connectivity index (χ1v) is 7.51. The van der Waals surface area contributed by atoms with E-state index in [-0.39, 0.29) is 0 Å². The van der Waals surface area contributed by atoms with Crippen molar-refractivity contribution in [3.8, 4) is 12.1 Å². The van der Waals surface area contributed by atoms with Crippen molar-refractivity contribution in [2.75, 3.05) is 0 Å². The van der Waals surface area contributed by atoms with Gasteiger partial charge in [-0.05, 0) is 43.2 Å². The molecule has 1 aromatic carbocycles. The highest BCUT2D eigenvalue weighted by atomic mass is 35.5. The highest BCUT2D eigenvalue weighted by Gasteiger charge is 2.17. The summed E-state index contributed by atoms with van der Waals surface area (Å²) < 4.78 is 0.